The highest BCUT2D eigenvalue weighted by atomic mass is 16.1. The molecule has 0 radical (unpaired) electrons. The predicted octanol–water partition coefficient (Wildman–Crippen LogP) is 0.850. The monoisotopic (exact) mass is 161 g/mol. The summed E-state index contributed by atoms with van der Waals surface area (Å²) in [7, 11) is 0. The van der Waals surface area contributed by atoms with Crippen LogP contribution < -0.4 is 0 Å². The molecule has 0 aromatic carbocycles. The van der Waals surface area contributed by atoms with Crippen molar-refractivity contribution in [2.24, 2.45) is 0 Å². The van der Waals surface area contributed by atoms with Crippen molar-refractivity contribution in [3.8, 4) is 0 Å². The molecular formula is C8H7N3O. The molecule has 0 saturated heterocycles. The fourth-order valence-corrected chi connectivity index (χ4v) is 1.03. The standard InChI is InChI=1S/C8H7N3O/c1-6-2-3-11-4-7(5-12)10-8(11)9-6/h2-5H,1H3. The van der Waals surface area contributed by atoms with Crippen LogP contribution in [0.2, 0.25) is 0 Å². The van der Waals surface area contributed by atoms with E-state index in [-0.39, 0.29) is 0 Å². The molecule has 0 spiro atoms. The zero-order chi connectivity index (χ0) is 8.55. The summed E-state index contributed by atoms with van der Waals surface area (Å²) in [4.78, 5) is 18.5. The van der Waals surface area contributed by atoms with Gasteiger partial charge in [0.15, 0.2) is 6.29 Å². The van der Waals surface area contributed by atoms with Crippen LogP contribution in [0.3, 0.4) is 0 Å². The summed E-state index contributed by atoms with van der Waals surface area (Å²) in [5.41, 5.74) is 1.30. The Morgan fingerprint density at radius 3 is 3.08 bits per heavy atom. The first-order valence-corrected chi connectivity index (χ1v) is 3.57. The lowest BCUT2D eigenvalue weighted by atomic mass is 10.5. The number of imidazole rings is 1. The quantitative estimate of drug-likeness (QED) is 0.582. The minimum atomic E-state index is 0.410. The molecule has 60 valence electrons. The Hall–Kier alpha value is -1.71. The molecule has 2 aromatic heterocycles. The maximum Gasteiger partial charge on any atom is 0.234 e. The molecule has 0 saturated carbocycles. The van der Waals surface area contributed by atoms with Gasteiger partial charge in [-0.25, -0.2) is 9.97 Å². The molecule has 0 atom stereocenters. The second kappa shape index (κ2) is 2.41. The topological polar surface area (TPSA) is 47.3 Å². The van der Waals surface area contributed by atoms with Crippen molar-refractivity contribution in [1.82, 2.24) is 14.4 Å². The molecule has 0 aliphatic heterocycles. The first-order chi connectivity index (χ1) is 5.79. The minimum absolute atomic E-state index is 0.410. The molecule has 0 aliphatic rings. The molecule has 0 amide bonds. The number of carbonyl (C=O) groups excluding carboxylic acids is 1. The van der Waals surface area contributed by atoms with Gasteiger partial charge in [-0.05, 0) is 13.0 Å². The van der Waals surface area contributed by atoms with Crippen LogP contribution in [0.1, 0.15) is 16.2 Å². The lowest BCUT2D eigenvalue weighted by Crippen LogP contribution is -1.88. The molecule has 2 heterocycles. The van der Waals surface area contributed by atoms with Crippen LogP contribution in [0.25, 0.3) is 5.78 Å². The molecule has 4 heteroatoms. The molecule has 0 fully saturated rings. The molecule has 2 rings (SSSR count). The zero-order valence-corrected chi connectivity index (χ0v) is 6.56. The number of fused-ring (bicyclic) bond motifs is 1. The molecule has 12 heavy (non-hydrogen) atoms. The van der Waals surface area contributed by atoms with E-state index in [4.69, 9.17) is 0 Å². The summed E-state index contributed by atoms with van der Waals surface area (Å²) in [6.45, 7) is 1.88. The van der Waals surface area contributed by atoms with E-state index < -0.39 is 0 Å². The van der Waals surface area contributed by atoms with Gasteiger partial charge in [0, 0.05) is 18.1 Å². The first kappa shape index (κ1) is 6.97. The van der Waals surface area contributed by atoms with Crippen molar-refractivity contribution in [3.05, 3.63) is 29.8 Å². The third-order valence-electron chi connectivity index (χ3n) is 1.60. The van der Waals surface area contributed by atoms with Crippen molar-refractivity contribution in [2.75, 3.05) is 0 Å². The van der Waals surface area contributed by atoms with Crippen LogP contribution >= 0.6 is 0 Å². The number of aryl methyl sites for hydroxylation is 1. The maximum atomic E-state index is 10.4. The van der Waals surface area contributed by atoms with Gasteiger partial charge in [-0.3, -0.25) is 9.20 Å². The number of carbonyl (C=O) groups is 1. The number of aldehydes is 1. The second-order valence-corrected chi connectivity index (χ2v) is 2.56. The Labute approximate surface area is 68.9 Å². The third kappa shape index (κ3) is 0.972. The normalized spacial score (nSPS) is 10.4. The number of nitrogens with zero attached hydrogens (tertiary/aromatic N) is 3. The van der Waals surface area contributed by atoms with E-state index in [0.717, 1.165) is 5.69 Å². The highest BCUT2D eigenvalue weighted by Crippen LogP contribution is 2.01. The highest BCUT2D eigenvalue weighted by Gasteiger charge is 1.99. The van der Waals surface area contributed by atoms with E-state index in [0.29, 0.717) is 17.8 Å². The Balaban J connectivity index is 2.75. The van der Waals surface area contributed by atoms with Gasteiger partial charge in [0.05, 0.1) is 0 Å². The van der Waals surface area contributed by atoms with Crippen molar-refractivity contribution in [3.63, 3.8) is 0 Å². The number of hydrogen-bond acceptors (Lipinski definition) is 3. The Kier molecular flexibility index (Phi) is 1.40. The van der Waals surface area contributed by atoms with E-state index in [1.165, 1.54) is 0 Å². The lowest BCUT2D eigenvalue weighted by molar-refractivity contribution is 0.111. The third-order valence-corrected chi connectivity index (χ3v) is 1.60. The van der Waals surface area contributed by atoms with E-state index >= 15 is 0 Å². The van der Waals surface area contributed by atoms with Crippen LogP contribution in [0.5, 0.6) is 0 Å². The first-order valence-electron chi connectivity index (χ1n) is 3.57. The van der Waals surface area contributed by atoms with Gasteiger partial charge in [0.1, 0.15) is 5.69 Å². The van der Waals surface area contributed by atoms with Gasteiger partial charge in [-0.15, -0.1) is 0 Å². The molecule has 0 N–H and O–H groups in total. The summed E-state index contributed by atoms with van der Waals surface area (Å²) < 4.78 is 1.72. The number of rotatable bonds is 1. The van der Waals surface area contributed by atoms with Crippen molar-refractivity contribution in [1.29, 1.82) is 0 Å². The maximum absolute atomic E-state index is 10.4. The Morgan fingerprint density at radius 2 is 2.33 bits per heavy atom. The van der Waals surface area contributed by atoms with Gasteiger partial charge >= 0.3 is 0 Å². The Bertz CT molecular complexity index is 433. The Morgan fingerprint density at radius 1 is 1.50 bits per heavy atom. The summed E-state index contributed by atoms with van der Waals surface area (Å²) in [6, 6.07) is 1.86. The van der Waals surface area contributed by atoms with Crippen LogP contribution in [-0.4, -0.2) is 20.7 Å². The molecular weight excluding hydrogens is 154 g/mol. The summed E-state index contributed by atoms with van der Waals surface area (Å²) in [5.74, 6) is 0.567. The lowest BCUT2D eigenvalue weighted by Gasteiger charge is -1.91. The fraction of sp³-hybridized carbons (Fsp3) is 0.125. The van der Waals surface area contributed by atoms with Gasteiger partial charge in [-0.1, -0.05) is 0 Å². The number of aromatic nitrogens is 3. The van der Waals surface area contributed by atoms with Crippen LogP contribution in [0, 0.1) is 6.92 Å². The van der Waals surface area contributed by atoms with Crippen molar-refractivity contribution >= 4 is 12.1 Å². The van der Waals surface area contributed by atoms with Gasteiger partial charge < -0.3 is 0 Å². The van der Waals surface area contributed by atoms with E-state index in [1.807, 2.05) is 19.2 Å². The fourth-order valence-electron chi connectivity index (χ4n) is 1.03. The van der Waals surface area contributed by atoms with Gasteiger partial charge in [0.2, 0.25) is 5.78 Å². The summed E-state index contributed by atoms with van der Waals surface area (Å²) in [6.07, 6.45) is 4.19. The average molecular weight is 161 g/mol. The average Bonchev–Trinajstić information content (AvgIpc) is 2.46. The highest BCUT2D eigenvalue weighted by molar-refractivity contribution is 5.72. The molecule has 0 aliphatic carbocycles. The summed E-state index contributed by atoms with van der Waals surface area (Å²) in [5, 5.41) is 0. The largest absolute Gasteiger partial charge is 0.296 e. The van der Waals surface area contributed by atoms with E-state index in [1.54, 1.807) is 10.6 Å². The van der Waals surface area contributed by atoms with Gasteiger partial charge in [-0.2, -0.15) is 0 Å². The van der Waals surface area contributed by atoms with E-state index in [9.17, 15) is 4.79 Å². The molecule has 0 unspecified atom stereocenters. The second-order valence-electron chi connectivity index (χ2n) is 2.56. The van der Waals surface area contributed by atoms with Crippen LogP contribution in [0.15, 0.2) is 18.5 Å². The number of hydrogen-bond donors (Lipinski definition) is 0. The minimum Gasteiger partial charge on any atom is -0.296 e. The smallest absolute Gasteiger partial charge is 0.234 e. The molecule has 0 bridgehead atoms. The SMILES string of the molecule is Cc1ccn2cc(C=O)nc2n1. The molecule has 2 aromatic rings. The van der Waals surface area contributed by atoms with Crippen molar-refractivity contribution < 1.29 is 4.79 Å². The summed E-state index contributed by atoms with van der Waals surface area (Å²) >= 11 is 0. The predicted molar refractivity (Wildman–Crippen MR) is 43.1 cm³/mol. The van der Waals surface area contributed by atoms with Gasteiger partial charge in [0.25, 0.3) is 0 Å². The van der Waals surface area contributed by atoms with Crippen LogP contribution in [-0.2, 0) is 0 Å². The molecule has 4 nitrogen and oxygen atoms in total. The van der Waals surface area contributed by atoms with Crippen LogP contribution in [0.4, 0.5) is 0 Å². The van der Waals surface area contributed by atoms with E-state index in [2.05, 4.69) is 9.97 Å². The zero-order valence-electron chi connectivity index (χ0n) is 6.56. The van der Waals surface area contributed by atoms with Crippen molar-refractivity contribution in [2.45, 2.75) is 6.92 Å².